The van der Waals surface area contributed by atoms with E-state index in [4.69, 9.17) is 5.11 Å². The second-order valence-electron chi connectivity index (χ2n) is 6.21. The lowest BCUT2D eigenvalue weighted by Gasteiger charge is -2.23. The number of hydrogen-bond acceptors (Lipinski definition) is 2. The van der Waals surface area contributed by atoms with Gasteiger partial charge in [0.2, 0.25) is 0 Å². The number of aliphatic carboxylic acids is 1. The number of rotatable bonds is 4. The van der Waals surface area contributed by atoms with Crippen LogP contribution in [0, 0.1) is 0 Å². The number of carbonyl (C=O) groups is 1. The molecule has 0 radical (unpaired) electrons. The molecule has 0 fully saturated rings. The van der Waals surface area contributed by atoms with Crippen molar-refractivity contribution in [3.05, 3.63) is 29.8 Å². The second-order valence-corrected chi connectivity index (χ2v) is 7.99. The summed E-state index contributed by atoms with van der Waals surface area (Å²) in [7, 11) is 0. The molecule has 0 aliphatic carbocycles. The van der Waals surface area contributed by atoms with Crippen LogP contribution in [0.4, 0.5) is 0 Å². The number of carboxylic acids is 1. The third-order valence-electron chi connectivity index (χ3n) is 2.69. The van der Waals surface area contributed by atoms with Crippen LogP contribution < -0.4 is 0 Å². The Balaban J connectivity index is 2.78. The summed E-state index contributed by atoms with van der Waals surface area (Å²) in [6, 6.07) is 8.40. The average Bonchev–Trinajstić information content (AvgIpc) is 2.13. The van der Waals surface area contributed by atoms with Crippen LogP contribution in [-0.2, 0) is 10.2 Å². The van der Waals surface area contributed by atoms with Crippen LogP contribution >= 0.6 is 11.8 Å². The Labute approximate surface area is 114 Å². The maximum atomic E-state index is 10.8. The number of carboxylic acid groups (broad SMARTS) is 1. The number of hydrogen-bond donors (Lipinski definition) is 1. The van der Waals surface area contributed by atoms with Gasteiger partial charge in [0.05, 0.1) is 6.42 Å². The van der Waals surface area contributed by atoms with Crippen molar-refractivity contribution in [2.45, 2.75) is 56.1 Å². The molecular weight excluding hydrogens is 244 g/mol. The highest BCUT2D eigenvalue weighted by molar-refractivity contribution is 8.00. The minimum absolute atomic E-state index is 0.153. The van der Waals surface area contributed by atoms with E-state index >= 15 is 0 Å². The van der Waals surface area contributed by atoms with Crippen LogP contribution in [0.15, 0.2) is 29.2 Å². The molecule has 0 atom stereocenters. The van der Waals surface area contributed by atoms with Crippen molar-refractivity contribution in [2.24, 2.45) is 0 Å². The molecule has 100 valence electrons. The summed E-state index contributed by atoms with van der Waals surface area (Å²) in [5.41, 5.74) is 1.45. The zero-order chi connectivity index (χ0) is 14.0. The molecule has 1 aromatic rings. The van der Waals surface area contributed by atoms with Crippen LogP contribution in [0.5, 0.6) is 0 Å². The zero-order valence-corrected chi connectivity index (χ0v) is 12.6. The highest BCUT2D eigenvalue weighted by atomic mass is 32.2. The topological polar surface area (TPSA) is 37.3 Å². The maximum absolute atomic E-state index is 10.8. The first-order chi connectivity index (χ1) is 8.10. The molecule has 0 spiro atoms. The standard InChI is InChI=1S/C15H22O2S/c1-14(2,3)11-6-8-12(9-7-11)18-15(4,5)10-13(16)17/h6-9H,10H2,1-5H3,(H,16,17). The SMILES string of the molecule is CC(C)(CC(=O)O)Sc1ccc(C(C)(C)C)cc1. The molecule has 0 unspecified atom stereocenters. The van der Waals surface area contributed by atoms with Crippen molar-refractivity contribution in [3.8, 4) is 0 Å². The van der Waals surface area contributed by atoms with Crippen LogP contribution in [0.3, 0.4) is 0 Å². The largest absolute Gasteiger partial charge is 0.481 e. The third kappa shape index (κ3) is 4.73. The van der Waals surface area contributed by atoms with E-state index in [9.17, 15) is 4.79 Å². The lowest BCUT2D eigenvalue weighted by atomic mass is 9.87. The normalized spacial score (nSPS) is 12.5. The summed E-state index contributed by atoms with van der Waals surface area (Å²) >= 11 is 1.61. The van der Waals surface area contributed by atoms with Gasteiger partial charge in [-0.15, -0.1) is 11.8 Å². The quantitative estimate of drug-likeness (QED) is 0.824. The molecule has 0 bridgehead atoms. The van der Waals surface area contributed by atoms with Crippen molar-refractivity contribution in [1.82, 2.24) is 0 Å². The summed E-state index contributed by atoms with van der Waals surface area (Å²) in [6.45, 7) is 10.5. The summed E-state index contributed by atoms with van der Waals surface area (Å²) in [4.78, 5) is 11.9. The van der Waals surface area contributed by atoms with E-state index in [0.717, 1.165) is 4.90 Å². The van der Waals surface area contributed by atoms with E-state index < -0.39 is 5.97 Å². The fourth-order valence-electron chi connectivity index (χ4n) is 1.74. The van der Waals surface area contributed by atoms with Gasteiger partial charge in [-0.25, -0.2) is 0 Å². The van der Waals surface area contributed by atoms with Crippen molar-refractivity contribution < 1.29 is 9.90 Å². The highest BCUT2D eigenvalue weighted by Crippen LogP contribution is 2.36. The smallest absolute Gasteiger partial charge is 0.304 e. The maximum Gasteiger partial charge on any atom is 0.304 e. The molecule has 0 amide bonds. The van der Waals surface area contributed by atoms with Crippen molar-refractivity contribution in [1.29, 1.82) is 0 Å². The van der Waals surface area contributed by atoms with Gasteiger partial charge >= 0.3 is 5.97 Å². The molecule has 0 heterocycles. The van der Waals surface area contributed by atoms with Crippen LogP contribution in [-0.4, -0.2) is 15.8 Å². The predicted octanol–water partition coefficient (Wildman–Crippen LogP) is 4.33. The van der Waals surface area contributed by atoms with Gasteiger partial charge in [-0.3, -0.25) is 4.79 Å². The minimum atomic E-state index is -0.751. The van der Waals surface area contributed by atoms with Gasteiger partial charge in [0.1, 0.15) is 0 Å². The predicted molar refractivity (Wildman–Crippen MR) is 77.3 cm³/mol. The Morgan fingerprint density at radius 2 is 1.61 bits per heavy atom. The van der Waals surface area contributed by atoms with Gasteiger partial charge in [0.15, 0.2) is 0 Å². The summed E-state index contributed by atoms with van der Waals surface area (Å²) in [5, 5.41) is 8.86. The highest BCUT2D eigenvalue weighted by Gasteiger charge is 2.23. The molecule has 0 aliphatic rings. The molecule has 2 nitrogen and oxygen atoms in total. The van der Waals surface area contributed by atoms with E-state index in [0.29, 0.717) is 0 Å². The molecule has 1 aromatic carbocycles. The van der Waals surface area contributed by atoms with Gasteiger partial charge < -0.3 is 5.11 Å². The van der Waals surface area contributed by atoms with Crippen molar-refractivity contribution in [2.75, 3.05) is 0 Å². The van der Waals surface area contributed by atoms with Gasteiger partial charge in [0, 0.05) is 9.64 Å². The number of benzene rings is 1. The molecule has 3 heteroatoms. The Morgan fingerprint density at radius 1 is 1.11 bits per heavy atom. The lowest BCUT2D eigenvalue weighted by Crippen LogP contribution is -2.19. The van der Waals surface area contributed by atoms with Gasteiger partial charge in [-0.05, 0) is 37.0 Å². The number of thioether (sulfide) groups is 1. The van der Waals surface area contributed by atoms with Crippen LogP contribution in [0.1, 0.15) is 46.6 Å². The van der Waals surface area contributed by atoms with Gasteiger partial charge in [-0.2, -0.15) is 0 Å². The first kappa shape index (κ1) is 15.1. The molecule has 1 rings (SSSR count). The molecule has 1 N–H and O–H groups in total. The third-order valence-corrected chi connectivity index (χ3v) is 3.90. The molecule has 0 aromatic heterocycles. The van der Waals surface area contributed by atoms with Gasteiger partial charge in [0.25, 0.3) is 0 Å². The van der Waals surface area contributed by atoms with E-state index in [1.807, 2.05) is 13.8 Å². The summed E-state index contributed by atoms with van der Waals surface area (Å²) in [6.07, 6.45) is 0.165. The minimum Gasteiger partial charge on any atom is -0.481 e. The molecule has 18 heavy (non-hydrogen) atoms. The second kappa shape index (κ2) is 5.35. The molecule has 0 saturated heterocycles. The Bertz CT molecular complexity index is 413. The molecule has 0 saturated carbocycles. The molecular formula is C15H22O2S. The van der Waals surface area contributed by atoms with E-state index in [1.54, 1.807) is 11.8 Å². The molecule has 0 aliphatic heterocycles. The first-order valence-corrected chi connectivity index (χ1v) is 6.93. The summed E-state index contributed by atoms with van der Waals surface area (Å²) in [5.74, 6) is -0.751. The van der Waals surface area contributed by atoms with Crippen molar-refractivity contribution in [3.63, 3.8) is 0 Å². The lowest BCUT2D eigenvalue weighted by molar-refractivity contribution is -0.137. The fraction of sp³-hybridized carbons (Fsp3) is 0.533. The average molecular weight is 266 g/mol. The van der Waals surface area contributed by atoms with E-state index in [2.05, 4.69) is 45.0 Å². The van der Waals surface area contributed by atoms with E-state index in [-0.39, 0.29) is 16.6 Å². The van der Waals surface area contributed by atoms with Crippen molar-refractivity contribution >= 4 is 17.7 Å². The first-order valence-electron chi connectivity index (χ1n) is 6.11. The fourth-order valence-corrected chi connectivity index (χ4v) is 2.85. The Hall–Kier alpha value is -0.960. The van der Waals surface area contributed by atoms with Gasteiger partial charge in [-0.1, -0.05) is 32.9 Å². The Morgan fingerprint density at radius 3 is 2.00 bits per heavy atom. The van der Waals surface area contributed by atoms with E-state index in [1.165, 1.54) is 5.56 Å². The monoisotopic (exact) mass is 266 g/mol. The van der Waals surface area contributed by atoms with Crippen LogP contribution in [0.2, 0.25) is 0 Å². The summed E-state index contributed by atoms with van der Waals surface area (Å²) < 4.78 is -0.283. The van der Waals surface area contributed by atoms with Crippen LogP contribution in [0.25, 0.3) is 0 Å². The Kier molecular flexibility index (Phi) is 4.49. The zero-order valence-electron chi connectivity index (χ0n) is 11.8.